The van der Waals surface area contributed by atoms with Gasteiger partial charge in [-0.05, 0) is 19.1 Å². The summed E-state index contributed by atoms with van der Waals surface area (Å²) in [7, 11) is 0. The van der Waals surface area contributed by atoms with Crippen molar-refractivity contribution < 1.29 is 14.3 Å². The maximum absolute atomic E-state index is 11.6. The van der Waals surface area contributed by atoms with Gasteiger partial charge in [-0.1, -0.05) is 24.6 Å². The van der Waals surface area contributed by atoms with Gasteiger partial charge in [0.05, 0.1) is 13.2 Å². The molecule has 1 heterocycles. The van der Waals surface area contributed by atoms with E-state index in [1.54, 1.807) is 0 Å². The highest BCUT2D eigenvalue weighted by Crippen LogP contribution is 2.24. The first kappa shape index (κ1) is 12.9. The van der Waals surface area contributed by atoms with E-state index < -0.39 is 0 Å². The number of nitrogens with one attached hydrogen (secondary N) is 1. The lowest BCUT2D eigenvalue weighted by Gasteiger charge is -2.37. The quantitative estimate of drug-likeness (QED) is 0.860. The number of carbonyl (C=O) groups excluding carboxylic acids is 1. The Labute approximate surface area is 107 Å². The summed E-state index contributed by atoms with van der Waals surface area (Å²) in [4.78, 5) is 11.6. The zero-order valence-corrected chi connectivity index (χ0v) is 10.9. The van der Waals surface area contributed by atoms with Crippen LogP contribution in [0.25, 0.3) is 0 Å². The number of hydrogen-bond acceptors (Lipinski definition) is 3. The number of hydrogen-bond donors (Lipinski definition) is 1. The Kier molecular flexibility index (Phi) is 3.87. The van der Waals surface area contributed by atoms with Crippen LogP contribution in [-0.2, 0) is 9.53 Å². The molecule has 2 rings (SSSR count). The molecule has 0 atom stereocenters. The number of benzene rings is 1. The molecule has 0 aliphatic carbocycles. The Morgan fingerprint density at radius 1 is 1.39 bits per heavy atom. The van der Waals surface area contributed by atoms with E-state index in [0.29, 0.717) is 25.5 Å². The van der Waals surface area contributed by atoms with Gasteiger partial charge < -0.3 is 14.8 Å². The normalized spacial score (nSPS) is 16.8. The summed E-state index contributed by atoms with van der Waals surface area (Å²) in [5.41, 5.74) is 1.27. The Hall–Kier alpha value is -1.55. The molecule has 18 heavy (non-hydrogen) atoms. The van der Waals surface area contributed by atoms with Gasteiger partial charge in [0.2, 0.25) is 0 Å². The van der Waals surface area contributed by atoms with E-state index in [2.05, 4.69) is 12.2 Å². The summed E-state index contributed by atoms with van der Waals surface area (Å²) >= 11 is 0. The van der Waals surface area contributed by atoms with Crippen LogP contribution in [0.15, 0.2) is 24.3 Å². The van der Waals surface area contributed by atoms with Gasteiger partial charge in [-0.2, -0.15) is 0 Å². The molecule has 0 bridgehead atoms. The number of ether oxygens (including phenoxy) is 2. The fourth-order valence-electron chi connectivity index (χ4n) is 1.70. The molecule has 0 radical (unpaired) electrons. The van der Waals surface area contributed by atoms with E-state index in [1.165, 1.54) is 5.56 Å². The molecule has 0 unspecified atom stereocenters. The molecular formula is C14H19NO3. The average molecular weight is 249 g/mol. The molecule has 1 aliphatic heterocycles. The lowest BCUT2D eigenvalue weighted by molar-refractivity contribution is -0.128. The molecule has 4 nitrogen and oxygen atoms in total. The summed E-state index contributed by atoms with van der Waals surface area (Å²) in [6.07, 6.45) is 0. The van der Waals surface area contributed by atoms with Crippen LogP contribution in [0.5, 0.6) is 5.75 Å². The van der Waals surface area contributed by atoms with Crippen molar-refractivity contribution in [2.75, 3.05) is 26.4 Å². The summed E-state index contributed by atoms with van der Waals surface area (Å²) in [5, 5.41) is 2.86. The van der Waals surface area contributed by atoms with Crippen LogP contribution in [-0.4, -0.2) is 32.3 Å². The molecule has 1 amide bonds. The van der Waals surface area contributed by atoms with E-state index in [-0.39, 0.29) is 17.9 Å². The summed E-state index contributed by atoms with van der Waals surface area (Å²) in [6, 6.07) is 7.65. The Morgan fingerprint density at radius 2 is 2.06 bits per heavy atom. The molecule has 1 aromatic carbocycles. The Bertz CT molecular complexity index is 410. The number of amides is 1. The van der Waals surface area contributed by atoms with Gasteiger partial charge in [0.15, 0.2) is 6.61 Å². The van der Waals surface area contributed by atoms with Crippen LogP contribution < -0.4 is 10.1 Å². The predicted octanol–water partition coefficient (Wildman–Crippen LogP) is 1.53. The molecule has 1 saturated heterocycles. The van der Waals surface area contributed by atoms with Crippen molar-refractivity contribution in [1.82, 2.24) is 5.32 Å². The van der Waals surface area contributed by atoms with E-state index in [1.807, 2.05) is 31.2 Å². The minimum absolute atomic E-state index is 0.0556. The Morgan fingerprint density at radius 3 is 2.61 bits per heavy atom. The van der Waals surface area contributed by atoms with E-state index in [0.717, 1.165) is 0 Å². The third-order valence-corrected chi connectivity index (χ3v) is 3.00. The van der Waals surface area contributed by atoms with Gasteiger partial charge in [0.1, 0.15) is 5.75 Å². The lowest BCUT2D eigenvalue weighted by Crippen LogP contribution is -2.49. The third-order valence-electron chi connectivity index (χ3n) is 3.00. The van der Waals surface area contributed by atoms with Gasteiger partial charge in [0, 0.05) is 12.0 Å². The first-order valence-electron chi connectivity index (χ1n) is 6.11. The molecule has 0 spiro atoms. The van der Waals surface area contributed by atoms with Crippen LogP contribution in [0.3, 0.4) is 0 Å². The van der Waals surface area contributed by atoms with Crippen LogP contribution in [0.4, 0.5) is 0 Å². The van der Waals surface area contributed by atoms with Crippen molar-refractivity contribution in [2.45, 2.75) is 13.8 Å². The molecule has 1 aromatic rings. The van der Waals surface area contributed by atoms with E-state index >= 15 is 0 Å². The van der Waals surface area contributed by atoms with Gasteiger partial charge in [0.25, 0.3) is 5.91 Å². The molecular weight excluding hydrogens is 230 g/mol. The van der Waals surface area contributed by atoms with Crippen LogP contribution >= 0.6 is 0 Å². The van der Waals surface area contributed by atoms with Crippen molar-refractivity contribution in [3.63, 3.8) is 0 Å². The Balaban J connectivity index is 1.69. The second kappa shape index (κ2) is 5.40. The second-order valence-electron chi connectivity index (χ2n) is 5.18. The fraction of sp³-hybridized carbons (Fsp3) is 0.500. The maximum Gasteiger partial charge on any atom is 0.257 e. The standard InChI is InChI=1S/C14H19NO3/c1-11-3-5-12(6-4-11)18-7-13(16)15-8-14(2)9-17-10-14/h3-6H,7-10H2,1-2H3,(H,15,16). The van der Waals surface area contributed by atoms with Crippen LogP contribution in [0.2, 0.25) is 0 Å². The predicted molar refractivity (Wildman–Crippen MR) is 68.6 cm³/mol. The zero-order valence-electron chi connectivity index (χ0n) is 10.9. The fourth-order valence-corrected chi connectivity index (χ4v) is 1.70. The SMILES string of the molecule is Cc1ccc(OCC(=O)NCC2(C)COC2)cc1. The molecule has 98 valence electrons. The van der Waals surface area contributed by atoms with Crippen LogP contribution in [0, 0.1) is 12.3 Å². The summed E-state index contributed by atoms with van der Waals surface area (Å²) < 4.78 is 10.5. The minimum Gasteiger partial charge on any atom is -0.484 e. The summed E-state index contributed by atoms with van der Waals surface area (Å²) in [6.45, 7) is 6.23. The molecule has 0 saturated carbocycles. The van der Waals surface area contributed by atoms with Crippen LogP contribution in [0.1, 0.15) is 12.5 Å². The highest BCUT2D eigenvalue weighted by molar-refractivity contribution is 5.77. The van der Waals surface area contributed by atoms with Crippen molar-refractivity contribution in [1.29, 1.82) is 0 Å². The number of carbonyl (C=O) groups is 1. The largest absolute Gasteiger partial charge is 0.484 e. The first-order valence-corrected chi connectivity index (χ1v) is 6.11. The highest BCUT2D eigenvalue weighted by Gasteiger charge is 2.33. The van der Waals surface area contributed by atoms with Gasteiger partial charge in [-0.25, -0.2) is 0 Å². The van der Waals surface area contributed by atoms with Gasteiger partial charge in [-0.3, -0.25) is 4.79 Å². The monoisotopic (exact) mass is 249 g/mol. The average Bonchev–Trinajstić information content (AvgIpc) is 2.33. The van der Waals surface area contributed by atoms with Crippen molar-refractivity contribution in [2.24, 2.45) is 5.41 Å². The second-order valence-corrected chi connectivity index (χ2v) is 5.18. The molecule has 1 aliphatic rings. The molecule has 0 aromatic heterocycles. The van der Waals surface area contributed by atoms with Crippen molar-refractivity contribution >= 4 is 5.91 Å². The minimum atomic E-state index is -0.0938. The molecule has 1 fully saturated rings. The zero-order chi connectivity index (χ0) is 13.0. The van der Waals surface area contributed by atoms with Gasteiger partial charge >= 0.3 is 0 Å². The lowest BCUT2D eigenvalue weighted by atomic mass is 9.89. The third kappa shape index (κ3) is 3.47. The number of rotatable bonds is 5. The smallest absolute Gasteiger partial charge is 0.257 e. The maximum atomic E-state index is 11.6. The number of aryl methyl sites for hydroxylation is 1. The molecule has 4 heteroatoms. The first-order chi connectivity index (χ1) is 8.57. The topological polar surface area (TPSA) is 47.6 Å². The van der Waals surface area contributed by atoms with E-state index in [4.69, 9.17) is 9.47 Å². The van der Waals surface area contributed by atoms with E-state index in [9.17, 15) is 4.79 Å². The van der Waals surface area contributed by atoms with Crippen molar-refractivity contribution in [3.05, 3.63) is 29.8 Å². The summed E-state index contributed by atoms with van der Waals surface area (Å²) in [5.74, 6) is 0.623. The van der Waals surface area contributed by atoms with Crippen molar-refractivity contribution in [3.8, 4) is 5.75 Å². The highest BCUT2D eigenvalue weighted by atomic mass is 16.5. The van der Waals surface area contributed by atoms with Gasteiger partial charge in [-0.15, -0.1) is 0 Å². The molecule has 1 N–H and O–H groups in total.